The number of carbonyl (C=O) groups excluding carboxylic acids is 1. The highest BCUT2D eigenvalue weighted by molar-refractivity contribution is 5.80. The van der Waals surface area contributed by atoms with Crippen molar-refractivity contribution in [1.29, 1.82) is 0 Å². The van der Waals surface area contributed by atoms with Gasteiger partial charge in [0.2, 0.25) is 5.91 Å². The molecule has 2 unspecified atom stereocenters. The Kier molecular flexibility index (Phi) is 4.96. The standard InChI is InChI=1S/C21H23N5O/c1-15(16-6-3-2-4-7-16)25-21(27)17-8-5-11-26(14-17)18-12-19-20(24-13-18)23-10-9-22-19/h2-4,6-7,9-10,12-13,15,17H,5,8,11,14H2,1H3,(H,25,27). The number of amides is 1. The van der Waals surface area contributed by atoms with Crippen molar-refractivity contribution in [3.05, 3.63) is 60.6 Å². The first-order valence-electron chi connectivity index (χ1n) is 9.38. The van der Waals surface area contributed by atoms with Crippen LogP contribution in [0.25, 0.3) is 11.2 Å². The molecule has 3 heterocycles. The number of fused-ring (bicyclic) bond motifs is 1. The lowest BCUT2D eigenvalue weighted by atomic mass is 9.96. The summed E-state index contributed by atoms with van der Waals surface area (Å²) in [4.78, 5) is 28.0. The van der Waals surface area contributed by atoms with Crippen molar-refractivity contribution in [3.8, 4) is 0 Å². The summed E-state index contributed by atoms with van der Waals surface area (Å²) in [5, 5.41) is 3.16. The minimum Gasteiger partial charge on any atom is -0.369 e. The smallest absolute Gasteiger partial charge is 0.225 e. The lowest BCUT2D eigenvalue weighted by Gasteiger charge is -2.34. The van der Waals surface area contributed by atoms with Crippen molar-refractivity contribution in [2.24, 2.45) is 5.92 Å². The molecule has 1 N–H and O–H groups in total. The lowest BCUT2D eigenvalue weighted by Crippen LogP contribution is -2.43. The highest BCUT2D eigenvalue weighted by Gasteiger charge is 2.27. The third-order valence-corrected chi connectivity index (χ3v) is 5.13. The summed E-state index contributed by atoms with van der Waals surface area (Å²) in [5.41, 5.74) is 3.54. The summed E-state index contributed by atoms with van der Waals surface area (Å²) in [6, 6.07) is 12.1. The Morgan fingerprint density at radius 3 is 2.85 bits per heavy atom. The molecular formula is C21H23N5O. The zero-order chi connectivity index (χ0) is 18.6. The van der Waals surface area contributed by atoms with Gasteiger partial charge in [0.05, 0.1) is 23.8 Å². The number of anilines is 1. The van der Waals surface area contributed by atoms with Gasteiger partial charge >= 0.3 is 0 Å². The summed E-state index contributed by atoms with van der Waals surface area (Å²) in [6.07, 6.45) is 7.03. The van der Waals surface area contributed by atoms with E-state index in [1.165, 1.54) is 0 Å². The number of benzene rings is 1. The highest BCUT2D eigenvalue weighted by atomic mass is 16.2. The maximum absolute atomic E-state index is 12.8. The number of nitrogens with one attached hydrogen (secondary N) is 1. The molecule has 3 aromatic rings. The van der Waals surface area contributed by atoms with Gasteiger partial charge in [0.25, 0.3) is 0 Å². The van der Waals surface area contributed by atoms with Gasteiger partial charge in [-0.05, 0) is 31.4 Å². The average Bonchev–Trinajstić information content (AvgIpc) is 2.74. The molecule has 1 amide bonds. The van der Waals surface area contributed by atoms with Gasteiger partial charge in [0.1, 0.15) is 5.52 Å². The fourth-order valence-corrected chi connectivity index (χ4v) is 3.60. The average molecular weight is 361 g/mol. The number of hydrogen-bond donors (Lipinski definition) is 1. The summed E-state index contributed by atoms with van der Waals surface area (Å²) >= 11 is 0. The van der Waals surface area contributed by atoms with Crippen LogP contribution in [0.5, 0.6) is 0 Å². The maximum Gasteiger partial charge on any atom is 0.225 e. The number of hydrogen-bond acceptors (Lipinski definition) is 5. The van der Waals surface area contributed by atoms with Crippen molar-refractivity contribution in [2.45, 2.75) is 25.8 Å². The van der Waals surface area contributed by atoms with Crippen LogP contribution in [0.4, 0.5) is 5.69 Å². The third kappa shape index (κ3) is 3.89. The van der Waals surface area contributed by atoms with E-state index >= 15 is 0 Å². The van der Waals surface area contributed by atoms with Gasteiger partial charge in [-0.15, -0.1) is 0 Å². The van der Waals surface area contributed by atoms with E-state index < -0.39 is 0 Å². The van der Waals surface area contributed by atoms with Crippen molar-refractivity contribution >= 4 is 22.8 Å². The topological polar surface area (TPSA) is 71.0 Å². The molecule has 138 valence electrons. The molecule has 1 aliphatic rings. The Morgan fingerprint density at radius 1 is 1.19 bits per heavy atom. The predicted molar refractivity (Wildman–Crippen MR) is 105 cm³/mol. The van der Waals surface area contributed by atoms with Gasteiger partial charge in [-0.3, -0.25) is 9.78 Å². The van der Waals surface area contributed by atoms with Crippen LogP contribution in [0.1, 0.15) is 31.4 Å². The summed E-state index contributed by atoms with van der Waals surface area (Å²) < 4.78 is 0. The molecular weight excluding hydrogens is 338 g/mol. The van der Waals surface area contributed by atoms with E-state index in [4.69, 9.17) is 0 Å². The molecule has 0 saturated carbocycles. The molecule has 1 aliphatic heterocycles. The minimum atomic E-state index is -0.0255. The predicted octanol–water partition coefficient (Wildman–Crippen LogP) is 3.12. The van der Waals surface area contributed by atoms with Gasteiger partial charge in [-0.25, -0.2) is 9.97 Å². The van der Waals surface area contributed by atoms with Crippen LogP contribution in [0.15, 0.2) is 55.0 Å². The Hall–Kier alpha value is -3.02. The van der Waals surface area contributed by atoms with Crippen LogP contribution >= 0.6 is 0 Å². The van der Waals surface area contributed by atoms with Gasteiger partial charge in [-0.1, -0.05) is 30.3 Å². The molecule has 6 heteroatoms. The number of carbonyl (C=O) groups is 1. The van der Waals surface area contributed by atoms with Crippen molar-refractivity contribution in [1.82, 2.24) is 20.3 Å². The molecule has 1 fully saturated rings. The number of piperidine rings is 1. The first-order valence-corrected chi connectivity index (χ1v) is 9.38. The van der Waals surface area contributed by atoms with Crippen molar-refractivity contribution in [3.63, 3.8) is 0 Å². The number of rotatable bonds is 4. The lowest BCUT2D eigenvalue weighted by molar-refractivity contribution is -0.125. The van der Waals surface area contributed by atoms with Crippen molar-refractivity contribution < 1.29 is 4.79 Å². The Labute approximate surface area is 158 Å². The first kappa shape index (κ1) is 17.4. The molecule has 6 nitrogen and oxygen atoms in total. The number of nitrogens with zero attached hydrogens (tertiary/aromatic N) is 4. The summed E-state index contributed by atoms with van der Waals surface area (Å²) in [7, 11) is 0. The van der Waals surface area contributed by atoms with E-state index in [0.717, 1.165) is 36.2 Å². The normalized spacial score (nSPS) is 18.3. The Bertz CT molecular complexity index is 930. The van der Waals surface area contributed by atoms with Crippen LogP contribution < -0.4 is 10.2 Å². The van der Waals surface area contributed by atoms with Crippen LogP contribution in [-0.2, 0) is 4.79 Å². The molecule has 0 bridgehead atoms. The molecule has 1 aromatic carbocycles. The van der Waals surface area contributed by atoms with Gasteiger partial charge in [-0.2, -0.15) is 0 Å². The molecule has 2 aromatic heterocycles. The maximum atomic E-state index is 12.8. The molecule has 2 atom stereocenters. The fourth-order valence-electron chi connectivity index (χ4n) is 3.60. The summed E-state index contributed by atoms with van der Waals surface area (Å²) in [6.45, 7) is 3.64. The largest absolute Gasteiger partial charge is 0.369 e. The van der Waals surface area contributed by atoms with E-state index in [9.17, 15) is 4.79 Å². The van der Waals surface area contributed by atoms with E-state index in [1.54, 1.807) is 12.4 Å². The fraction of sp³-hybridized carbons (Fsp3) is 0.333. The zero-order valence-electron chi connectivity index (χ0n) is 15.4. The van der Waals surface area contributed by atoms with Crippen molar-refractivity contribution in [2.75, 3.05) is 18.0 Å². The van der Waals surface area contributed by atoms with Crippen LogP contribution in [0.3, 0.4) is 0 Å². The van der Waals surface area contributed by atoms with Crippen LogP contribution in [-0.4, -0.2) is 33.9 Å². The van der Waals surface area contributed by atoms with Gasteiger partial charge < -0.3 is 10.2 Å². The molecule has 27 heavy (non-hydrogen) atoms. The van der Waals surface area contributed by atoms with E-state index in [-0.39, 0.29) is 17.9 Å². The van der Waals surface area contributed by atoms with Gasteiger partial charge in [0.15, 0.2) is 5.65 Å². The zero-order valence-corrected chi connectivity index (χ0v) is 15.4. The highest BCUT2D eigenvalue weighted by Crippen LogP contribution is 2.25. The minimum absolute atomic E-state index is 0.00619. The SMILES string of the molecule is CC(NC(=O)C1CCCN(c2cnc3nccnc3c2)C1)c1ccccc1. The Morgan fingerprint density at radius 2 is 2.00 bits per heavy atom. The molecule has 0 radical (unpaired) electrons. The van der Waals surface area contributed by atoms with E-state index in [1.807, 2.05) is 49.5 Å². The number of pyridine rings is 1. The van der Waals surface area contributed by atoms with Crippen LogP contribution in [0.2, 0.25) is 0 Å². The first-order chi connectivity index (χ1) is 13.2. The summed E-state index contributed by atoms with van der Waals surface area (Å²) in [5.74, 6) is 0.0899. The second-order valence-corrected chi connectivity index (χ2v) is 7.02. The second-order valence-electron chi connectivity index (χ2n) is 7.02. The van der Waals surface area contributed by atoms with Gasteiger partial charge in [0, 0.05) is 25.5 Å². The monoisotopic (exact) mass is 361 g/mol. The molecule has 4 rings (SSSR count). The second kappa shape index (κ2) is 7.70. The molecule has 1 saturated heterocycles. The van der Waals surface area contributed by atoms with Crippen LogP contribution in [0, 0.1) is 5.92 Å². The molecule has 0 aliphatic carbocycles. The van der Waals surface area contributed by atoms with E-state index in [2.05, 4.69) is 25.2 Å². The number of aromatic nitrogens is 3. The van der Waals surface area contributed by atoms with E-state index in [0.29, 0.717) is 12.2 Å². The Balaban J connectivity index is 1.44. The quantitative estimate of drug-likeness (QED) is 0.773. The molecule has 0 spiro atoms. The third-order valence-electron chi connectivity index (χ3n) is 5.13.